The number of para-hydroxylation sites is 1. The number of hydrogen-bond donors (Lipinski definition) is 1. The van der Waals surface area contributed by atoms with E-state index >= 15 is 0 Å². The maximum absolute atomic E-state index is 6.30. The summed E-state index contributed by atoms with van der Waals surface area (Å²) in [5.74, 6) is 0.769. The van der Waals surface area contributed by atoms with Crippen molar-refractivity contribution in [2.45, 2.75) is 46.0 Å². The Hall–Kier alpha value is -1.77. The number of aromatic nitrogens is 2. The third-order valence-corrected chi connectivity index (χ3v) is 3.90. The van der Waals surface area contributed by atoms with Crippen molar-refractivity contribution in [3.63, 3.8) is 0 Å². The molecule has 1 aromatic heterocycles. The van der Waals surface area contributed by atoms with Crippen molar-refractivity contribution in [2.75, 3.05) is 5.73 Å². The summed E-state index contributed by atoms with van der Waals surface area (Å²) in [7, 11) is 0. The van der Waals surface area contributed by atoms with E-state index in [1.54, 1.807) is 0 Å². The molecular formula is C16H23N3. The lowest BCUT2D eigenvalue weighted by atomic mass is 9.84. The van der Waals surface area contributed by atoms with Crippen molar-refractivity contribution in [3.8, 4) is 5.69 Å². The normalized spacial score (nSPS) is 11.8. The Balaban J connectivity index is 2.60. The average Bonchev–Trinajstić information content (AvgIpc) is 2.77. The highest BCUT2D eigenvalue weighted by Gasteiger charge is 2.27. The Morgan fingerprint density at radius 1 is 1.16 bits per heavy atom. The van der Waals surface area contributed by atoms with Gasteiger partial charge in [-0.25, -0.2) is 4.68 Å². The molecule has 2 N–H and O–H groups in total. The molecule has 0 saturated heterocycles. The Kier molecular flexibility index (Phi) is 3.65. The van der Waals surface area contributed by atoms with Crippen LogP contribution in [0, 0.1) is 0 Å². The summed E-state index contributed by atoms with van der Waals surface area (Å²) in [5.41, 5.74) is 9.68. The summed E-state index contributed by atoms with van der Waals surface area (Å²) in [4.78, 5) is 0. The maximum atomic E-state index is 6.30. The van der Waals surface area contributed by atoms with Crippen molar-refractivity contribution in [1.82, 2.24) is 9.78 Å². The molecule has 0 aliphatic carbocycles. The van der Waals surface area contributed by atoms with Gasteiger partial charge in [-0.1, -0.05) is 45.9 Å². The number of nitrogens with zero attached hydrogens (tertiary/aromatic N) is 2. The number of hydrogen-bond acceptors (Lipinski definition) is 2. The highest BCUT2D eigenvalue weighted by Crippen LogP contribution is 2.33. The van der Waals surface area contributed by atoms with E-state index in [1.165, 1.54) is 5.56 Å². The molecule has 0 radical (unpaired) electrons. The lowest BCUT2D eigenvalue weighted by Crippen LogP contribution is -2.18. The van der Waals surface area contributed by atoms with Crippen molar-refractivity contribution < 1.29 is 0 Å². The summed E-state index contributed by atoms with van der Waals surface area (Å²) < 4.78 is 1.87. The van der Waals surface area contributed by atoms with Gasteiger partial charge in [0.2, 0.25) is 0 Å². The molecule has 2 aromatic rings. The van der Waals surface area contributed by atoms with Gasteiger partial charge in [-0.3, -0.25) is 0 Å². The van der Waals surface area contributed by atoms with Gasteiger partial charge in [-0.15, -0.1) is 0 Å². The second-order valence-corrected chi connectivity index (χ2v) is 5.55. The van der Waals surface area contributed by atoms with Crippen LogP contribution in [0.15, 0.2) is 30.3 Å². The van der Waals surface area contributed by atoms with Crippen LogP contribution in [0.3, 0.4) is 0 Å². The van der Waals surface area contributed by atoms with E-state index in [4.69, 9.17) is 10.8 Å². The quantitative estimate of drug-likeness (QED) is 0.907. The van der Waals surface area contributed by atoms with Crippen molar-refractivity contribution in [3.05, 3.63) is 41.6 Å². The zero-order valence-corrected chi connectivity index (χ0v) is 12.3. The fourth-order valence-corrected chi connectivity index (χ4v) is 2.29. The van der Waals surface area contributed by atoms with Gasteiger partial charge in [-0.2, -0.15) is 5.10 Å². The van der Waals surface area contributed by atoms with E-state index in [0.29, 0.717) is 0 Å². The first-order valence-corrected chi connectivity index (χ1v) is 6.94. The maximum Gasteiger partial charge on any atom is 0.130 e. The molecule has 0 aliphatic heterocycles. The topological polar surface area (TPSA) is 43.8 Å². The van der Waals surface area contributed by atoms with E-state index in [1.807, 2.05) is 35.0 Å². The molecule has 2 rings (SSSR count). The molecular weight excluding hydrogens is 234 g/mol. The van der Waals surface area contributed by atoms with Gasteiger partial charge in [0.1, 0.15) is 5.82 Å². The van der Waals surface area contributed by atoms with Crippen LogP contribution in [0.2, 0.25) is 0 Å². The smallest absolute Gasteiger partial charge is 0.130 e. The number of benzene rings is 1. The fraction of sp³-hybridized carbons (Fsp3) is 0.438. The Labute approximate surface area is 115 Å². The average molecular weight is 257 g/mol. The van der Waals surface area contributed by atoms with Crippen LogP contribution in [0.5, 0.6) is 0 Å². The van der Waals surface area contributed by atoms with Crippen LogP contribution in [0.25, 0.3) is 5.69 Å². The zero-order valence-electron chi connectivity index (χ0n) is 12.3. The summed E-state index contributed by atoms with van der Waals surface area (Å²) in [6.45, 7) is 8.78. The van der Waals surface area contributed by atoms with Crippen molar-refractivity contribution in [2.24, 2.45) is 0 Å². The SMILES string of the molecule is CCc1c(C(C)(C)CC)nn(-c2ccccc2)c1N. The minimum Gasteiger partial charge on any atom is -0.383 e. The molecule has 0 amide bonds. The van der Waals surface area contributed by atoms with Gasteiger partial charge in [0.25, 0.3) is 0 Å². The largest absolute Gasteiger partial charge is 0.383 e. The Morgan fingerprint density at radius 2 is 1.79 bits per heavy atom. The first-order chi connectivity index (χ1) is 9.01. The van der Waals surface area contributed by atoms with Gasteiger partial charge in [-0.05, 0) is 25.0 Å². The van der Waals surface area contributed by atoms with E-state index in [2.05, 4.69) is 27.7 Å². The minimum atomic E-state index is 0.0551. The molecule has 0 bridgehead atoms. The van der Waals surface area contributed by atoms with Crippen LogP contribution in [-0.2, 0) is 11.8 Å². The lowest BCUT2D eigenvalue weighted by Gasteiger charge is -2.21. The first-order valence-electron chi connectivity index (χ1n) is 6.94. The summed E-state index contributed by atoms with van der Waals surface area (Å²) in [6.07, 6.45) is 1.96. The lowest BCUT2D eigenvalue weighted by molar-refractivity contribution is 0.481. The second kappa shape index (κ2) is 5.08. The molecule has 3 heteroatoms. The summed E-state index contributed by atoms with van der Waals surface area (Å²) in [5, 5.41) is 4.78. The number of rotatable bonds is 4. The van der Waals surface area contributed by atoms with Gasteiger partial charge in [0.15, 0.2) is 0 Å². The highest BCUT2D eigenvalue weighted by molar-refractivity contribution is 5.51. The molecule has 102 valence electrons. The molecule has 0 fully saturated rings. The van der Waals surface area contributed by atoms with E-state index in [0.717, 1.165) is 30.0 Å². The molecule has 1 heterocycles. The standard InChI is InChI=1S/C16H23N3/c1-5-13-14(16(3,4)6-2)18-19(15(13)17)12-10-8-7-9-11-12/h7-11H,5-6,17H2,1-4H3. The highest BCUT2D eigenvalue weighted by atomic mass is 15.3. The molecule has 19 heavy (non-hydrogen) atoms. The second-order valence-electron chi connectivity index (χ2n) is 5.55. The van der Waals surface area contributed by atoms with Crippen molar-refractivity contribution >= 4 is 5.82 Å². The van der Waals surface area contributed by atoms with E-state index in [-0.39, 0.29) is 5.41 Å². The molecule has 1 aromatic carbocycles. The van der Waals surface area contributed by atoms with Crippen LogP contribution < -0.4 is 5.73 Å². The predicted octanol–water partition coefficient (Wildman–Crippen LogP) is 3.70. The van der Waals surface area contributed by atoms with Crippen LogP contribution >= 0.6 is 0 Å². The molecule has 0 unspecified atom stereocenters. The minimum absolute atomic E-state index is 0.0551. The van der Waals surface area contributed by atoms with Gasteiger partial charge in [0, 0.05) is 11.0 Å². The summed E-state index contributed by atoms with van der Waals surface area (Å²) in [6, 6.07) is 10.1. The van der Waals surface area contributed by atoms with Crippen LogP contribution in [0.1, 0.15) is 45.4 Å². The fourth-order valence-electron chi connectivity index (χ4n) is 2.29. The first kappa shape index (κ1) is 13.7. The van der Waals surface area contributed by atoms with Gasteiger partial charge < -0.3 is 5.73 Å². The van der Waals surface area contributed by atoms with Crippen LogP contribution in [0.4, 0.5) is 5.82 Å². The summed E-state index contributed by atoms with van der Waals surface area (Å²) >= 11 is 0. The Morgan fingerprint density at radius 3 is 2.32 bits per heavy atom. The number of nitrogen functional groups attached to an aromatic ring is 1. The van der Waals surface area contributed by atoms with Gasteiger partial charge in [0.05, 0.1) is 11.4 Å². The third kappa shape index (κ3) is 2.37. The van der Waals surface area contributed by atoms with E-state index < -0.39 is 0 Å². The van der Waals surface area contributed by atoms with Crippen LogP contribution in [-0.4, -0.2) is 9.78 Å². The number of anilines is 1. The van der Waals surface area contributed by atoms with Gasteiger partial charge >= 0.3 is 0 Å². The molecule has 0 aliphatic rings. The van der Waals surface area contributed by atoms with E-state index in [9.17, 15) is 0 Å². The Bertz CT molecular complexity index is 553. The zero-order chi connectivity index (χ0) is 14.0. The molecule has 0 atom stereocenters. The molecule has 3 nitrogen and oxygen atoms in total. The van der Waals surface area contributed by atoms with Crippen molar-refractivity contribution in [1.29, 1.82) is 0 Å². The molecule has 0 saturated carbocycles. The monoisotopic (exact) mass is 257 g/mol. The predicted molar refractivity (Wildman–Crippen MR) is 80.7 cm³/mol. The molecule has 0 spiro atoms. The number of nitrogens with two attached hydrogens (primary N) is 1. The third-order valence-electron chi connectivity index (χ3n) is 3.90.